The van der Waals surface area contributed by atoms with Gasteiger partial charge in [0.2, 0.25) is 0 Å². The van der Waals surface area contributed by atoms with Gasteiger partial charge in [0.15, 0.2) is 0 Å². The van der Waals surface area contributed by atoms with Gasteiger partial charge in [-0.3, -0.25) is 4.79 Å². The van der Waals surface area contributed by atoms with Crippen molar-refractivity contribution >= 4 is 5.97 Å². The van der Waals surface area contributed by atoms with E-state index in [0.717, 1.165) is 16.7 Å². The number of nitrogens with one attached hydrogen (secondary N) is 1. The molecule has 0 aliphatic rings. The standard InChI is InChI=1S/C17H19NO3/c19-16-8-6-14(7-9-16)15-4-1-3-13(11-15)12-18-10-2-5-17(20)21/h1,3-4,6-9,11,18-19H,2,5,10,12H2,(H,20,21). The van der Waals surface area contributed by atoms with Crippen molar-refractivity contribution in [3.63, 3.8) is 0 Å². The number of aliphatic carboxylic acids is 1. The number of carbonyl (C=O) groups is 1. The van der Waals surface area contributed by atoms with Crippen molar-refractivity contribution in [3.8, 4) is 16.9 Å². The Bertz CT molecular complexity index is 593. The van der Waals surface area contributed by atoms with Crippen LogP contribution in [0.4, 0.5) is 0 Å². The van der Waals surface area contributed by atoms with Gasteiger partial charge in [-0.2, -0.15) is 0 Å². The Labute approximate surface area is 124 Å². The number of carboxylic acids is 1. The molecule has 2 aromatic carbocycles. The third-order valence-electron chi connectivity index (χ3n) is 3.20. The fraction of sp³-hybridized carbons (Fsp3) is 0.235. The summed E-state index contributed by atoms with van der Waals surface area (Å²) in [4.78, 5) is 10.4. The quantitative estimate of drug-likeness (QED) is 0.684. The van der Waals surface area contributed by atoms with Crippen LogP contribution in [0.5, 0.6) is 5.75 Å². The molecule has 0 saturated heterocycles. The molecule has 2 rings (SSSR count). The smallest absolute Gasteiger partial charge is 0.303 e. The molecule has 0 amide bonds. The van der Waals surface area contributed by atoms with E-state index in [4.69, 9.17) is 5.11 Å². The third-order valence-corrected chi connectivity index (χ3v) is 3.20. The number of carboxylic acid groups (broad SMARTS) is 1. The predicted molar refractivity (Wildman–Crippen MR) is 82.1 cm³/mol. The molecule has 4 nitrogen and oxygen atoms in total. The lowest BCUT2D eigenvalue weighted by Gasteiger charge is -2.07. The van der Waals surface area contributed by atoms with Crippen molar-refractivity contribution in [1.82, 2.24) is 5.32 Å². The summed E-state index contributed by atoms with van der Waals surface area (Å²) in [7, 11) is 0. The lowest BCUT2D eigenvalue weighted by atomic mass is 10.0. The Morgan fingerprint density at radius 3 is 2.52 bits per heavy atom. The first-order chi connectivity index (χ1) is 10.1. The van der Waals surface area contributed by atoms with Gasteiger partial charge < -0.3 is 15.5 Å². The molecule has 110 valence electrons. The lowest BCUT2D eigenvalue weighted by Crippen LogP contribution is -2.15. The van der Waals surface area contributed by atoms with E-state index in [1.807, 2.05) is 30.3 Å². The molecule has 0 fully saturated rings. The molecule has 0 aromatic heterocycles. The second kappa shape index (κ2) is 7.45. The molecule has 21 heavy (non-hydrogen) atoms. The summed E-state index contributed by atoms with van der Waals surface area (Å²) in [5.74, 6) is -0.499. The normalized spacial score (nSPS) is 10.5. The highest BCUT2D eigenvalue weighted by Gasteiger charge is 2.00. The van der Waals surface area contributed by atoms with Gasteiger partial charge in [-0.15, -0.1) is 0 Å². The van der Waals surface area contributed by atoms with E-state index in [-0.39, 0.29) is 12.2 Å². The van der Waals surface area contributed by atoms with Crippen LogP contribution in [-0.2, 0) is 11.3 Å². The number of hydrogen-bond acceptors (Lipinski definition) is 3. The molecule has 0 bridgehead atoms. The maximum Gasteiger partial charge on any atom is 0.303 e. The van der Waals surface area contributed by atoms with Crippen LogP contribution in [-0.4, -0.2) is 22.7 Å². The topological polar surface area (TPSA) is 69.6 Å². The van der Waals surface area contributed by atoms with Crippen LogP contribution in [0.2, 0.25) is 0 Å². The first kappa shape index (κ1) is 15.1. The van der Waals surface area contributed by atoms with Gasteiger partial charge in [0, 0.05) is 13.0 Å². The van der Waals surface area contributed by atoms with Crippen molar-refractivity contribution in [2.24, 2.45) is 0 Å². The van der Waals surface area contributed by atoms with Gasteiger partial charge in [-0.1, -0.05) is 30.3 Å². The monoisotopic (exact) mass is 285 g/mol. The van der Waals surface area contributed by atoms with E-state index >= 15 is 0 Å². The van der Waals surface area contributed by atoms with Crippen molar-refractivity contribution in [2.45, 2.75) is 19.4 Å². The summed E-state index contributed by atoms with van der Waals surface area (Å²) in [5, 5.41) is 21.1. The maximum atomic E-state index is 10.4. The first-order valence-electron chi connectivity index (χ1n) is 6.96. The SMILES string of the molecule is O=C(O)CCCNCc1cccc(-c2ccc(O)cc2)c1. The zero-order valence-corrected chi connectivity index (χ0v) is 11.7. The fourth-order valence-corrected chi connectivity index (χ4v) is 2.11. The summed E-state index contributed by atoms with van der Waals surface area (Å²) in [5.41, 5.74) is 3.30. The summed E-state index contributed by atoms with van der Waals surface area (Å²) in [6.07, 6.45) is 0.827. The molecule has 0 atom stereocenters. The number of aromatic hydroxyl groups is 1. The van der Waals surface area contributed by atoms with Crippen molar-refractivity contribution in [1.29, 1.82) is 0 Å². The molecule has 0 heterocycles. The average molecular weight is 285 g/mol. The Morgan fingerprint density at radius 1 is 1.05 bits per heavy atom. The van der Waals surface area contributed by atoms with E-state index in [1.165, 1.54) is 0 Å². The molecule has 0 aliphatic carbocycles. The van der Waals surface area contributed by atoms with E-state index in [2.05, 4.69) is 11.4 Å². The second-order valence-corrected chi connectivity index (χ2v) is 4.92. The molecule has 0 radical (unpaired) electrons. The van der Waals surface area contributed by atoms with E-state index < -0.39 is 5.97 Å². The Balaban J connectivity index is 1.92. The summed E-state index contributed by atoms with van der Waals surface area (Å²) >= 11 is 0. The Morgan fingerprint density at radius 2 is 1.81 bits per heavy atom. The van der Waals surface area contributed by atoms with Crippen LogP contribution < -0.4 is 5.32 Å². The predicted octanol–water partition coefficient (Wildman–Crippen LogP) is 3.01. The third kappa shape index (κ3) is 4.93. The highest BCUT2D eigenvalue weighted by Crippen LogP contribution is 2.22. The minimum absolute atomic E-state index is 0.195. The van der Waals surface area contributed by atoms with Crippen molar-refractivity contribution < 1.29 is 15.0 Å². The molecule has 3 N–H and O–H groups in total. The van der Waals surface area contributed by atoms with Crippen LogP contribution in [0.15, 0.2) is 48.5 Å². The van der Waals surface area contributed by atoms with Crippen molar-refractivity contribution in [2.75, 3.05) is 6.54 Å². The zero-order valence-electron chi connectivity index (χ0n) is 11.7. The van der Waals surface area contributed by atoms with Crippen LogP contribution >= 0.6 is 0 Å². The largest absolute Gasteiger partial charge is 0.508 e. The average Bonchev–Trinajstić information content (AvgIpc) is 2.48. The molecular weight excluding hydrogens is 266 g/mol. The van der Waals surface area contributed by atoms with Gasteiger partial charge in [-0.05, 0) is 47.9 Å². The molecule has 0 saturated carbocycles. The number of rotatable bonds is 7. The minimum Gasteiger partial charge on any atom is -0.508 e. The molecule has 4 heteroatoms. The fourth-order valence-electron chi connectivity index (χ4n) is 2.11. The van der Waals surface area contributed by atoms with E-state index in [0.29, 0.717) is 19.5 Å². The maximum absolute atomic E-state index is 10.4. The van der Waals surface area contributed by atoms with Crippen molar-refractivity contribution in [3.05, 3.63) is 54.1 Å². The molecule has 0 aliphatic heterocycles. The summed E-state index contributed by atoms with van der Waals surface area (Å²) in [6.45, 7) is 1.40. The highest BCUT2D eigenvalue weighted by atomic mass is 16.4. The first-order valence-corrected chi connectivity index (χ1v) is 6.96. The van der Waals surface area contributed by atoms with Gasteiger partial charge in [0.25, 0.3) is 0 Å². The van der Waals surface area contributed by atoms with Crippen LogP contribution in [0.25, 0.3) is 11.1 Å². The second-order valence-electron chi connectivity index (χ2n) is 4.92. The highest BCUT2D eigenvalue weighted by molar-refractivity contribution is 5.66. The van der Waals surface area contributed by atoms with Gasteiger partial charge in [0.1, 0.15) is 5.75 Å². The summed E-state index contributed by atoms with van der Waals surface area (Å²) in [6, 6.07) is 15.3. The molecule has 0 spiro atoms. The van der Waals surface area contributed by atoms with Crippen LogP contribution in [0.1, 0.15) is 18.4 Å². The van der Waals surface area contributed by atoms with E-state index in [1.54, 1.807) is 12.1 Å². The van der Waals surface area contributed by atoms with Gasteiger partial charge in [-0.25, -0.2) is 0 Å². The van der Waals surface area contributed by atoms with Crippen LogP contribution in [0, 0.1) is 0 Å². The zero-order chi connectivity index (χ0) is 15.1. The Kier molecular flexibility index (Phi) is 5.35. The number of hydrogen-bond donors (Lipinski definition) is 3. The molecule has 0 unspecified atom stereocenters. The minimum atomic E-state index is -0.758. The number of phenols is 1. The van der Waals surface area contributed by atoms with Crippen LogP contribution in [0.3, 0.4) is 0 Å². The molecular formula is C17H19NO3. The van der Waals surface area contributed by atoms with Gasteiger partial charge in [0.05, 0.1) is 0 Å². The Hall–Kier alpha value is -2.33. The summed E-state index contributed by atoms with van der Waals surface area (Å²) < 4.78 is 0. The lowest BCUT2D eigenvalue weighted by molar-refractivity contribution is -0.137. The van der Waals surface area contributed by atoms with Gasteiger partial charge >= 0.3 is 5.97 Å². The number of benzene rings is 2. The molecule has 2 aromatic rings. The van der Waals surface area contributed by atoms with E-state index in [9.17, 15) is 9.90 Å². The number of phenolic OH excluding ortho intramolecular Hbond substituents is 1.